The van der Waals surface area contributed by atoms with Crippen LogP contribution in [0.15, 0.2) is 60.7 Å². The Morgan fingerprint density at radius 2 is 1.52 bits per heavy atom. The number of carbonyl (C=O) groups excluding carboxylic acids is 1. The second-order valence-corrected chi connectivity index (χ2v) is 7.94. The Bertz CT molecular complexity index is 651. The van der Waals surface area contributed by atoms with E-state index in [2.05, 4.69) is 70.9 Å². The van der Waals surface area contributed by atoms with Crippen molar-refractivity contribution >= 4 is 5.91 Å². The highest BCUT2D eigenvalue weighted by Crippen LogP contribution is 2.33. The predicted molar refractivity (Wildman–Crippen MR) is 102 cm³/mol. The van der Waals surface area contributed by atoms with Crippen molar-refractivity contribution in [1.82, 2.24) is 10.2 Å². The first-order valence-electron chi connectivity index (χ1n) is 9.10. The highest BCUT2D eigenvalue weighted by atomic mass is 16.2. The number of likely N-dealkylation sites (tertiary alicyclic amines) is 1. The van der Waals surface area contributed by atoms with E-state index in [1.165, 1.54) is 11.1 Å². The highest BCUT2D eigenvalue weighted by Gasteiger charge is 2.34. The number of nitrogens with one attached hydrogen (secondary N) is 1. The van der Waals surface area contributed by atoms with Crippen molar-refractivity contribution in [2.45, 2.75) is 38.8 Å². The molecule has 1 aliphatic heterocycles. The summed E-state index contributed by atoms with van der Waals surface area (Å²) in [5.41, 5.74) is 2.39. The Morgan fingerprint density at radius 1 is 1.00 bits per heavy atom. The fourth-order valence-corrected chi connectivity index (χ4v) is 3.59. The molecular formula is C22H28N2O. The van der Waals surface area contributed by atoms with Crippen molar-refractivity contribution in [2.24, 2.45) is 5.92 Å². The van der Waals surface area contributed by atoms with Crippen LogP contribution in [0, 0.1) is 5.92 Å². The molecule has 1 saturated heterocycles. The van der Waals surface area contributed by atoms with Gasteiger partial charge >= 0.3 is 0 Å². The minimum Gasteiger partial charge on any atom is -0.351 e. The van der Waals surface area contributed by atoms with Gasteiger partial charge in [-0.05, 0) is 44.9 Å². The first-order chi connectivity index (χ1) is 11.9. The SMILES string of the molecule is CC(C)(C)NC(=O)C1CCN(C(c2ccccc2)c2ccccc2)C1. The molecule has 2 aromatic carbocycles. The zero-order chi connectivity index (χ0) is 17.9. The van der Waals surface area contributed by atoms with Crippen molar-refractivity contribution in [3.8, 4) is 0 Å². The Kier molecular flexibility index (Phi) is 5.24. The molecule has 0 saturated carbocycles. The summed E-state index contributed by atoms with van der Waals surface area (Å²) < 4.78 is 0. The third-order valence-corrected chi connectivity index (χ3v) is 4.68. The van der Waals surface area contributed by atoms with Gasteiger partial charge in [0.05, 0.1) is 12.0 Å². The number of benzene rings is 2. The molecule has 3 rings (SSSR count). The van der Waals surface area contributed by atoms with Gasteiger partial charge in [-0.25, -0.2) is 0 Å². The van der Waals surface area contributed by atoms with E-state index >= 15 is 0 Å². The molecule has 1 heterocycles. The smallest absolute Gasteiger partial charge is 0.224 e. The van der Waals surface area contributed by atoms with Crippen LogP contribution in [0.25, 0.3) is 0 Å². The van der Waals surface area contributed by atoms with E-state index in [0.717, 1.165) is 19.5 Å². The molecule has 0 spiro atoms. The molecule has 3 heteroatoms. The zero-order valence-electron chi connectivity index (χ0n) is 15.4. The predicted octanol–water partition coefficient (Wildman–Crippen LogP) is 4.01. The monoisotopic (exact) mass is 336 g/mol. The summed E-state index contributed by atoms with van der Waals surface area (Å²) in [6.07, 6.45) is 0.915. The molecule has 1 amide bonds. The number of hydrogen-bond acceptors (Lipinski definition) is 2. The largest absolute Gasteiger partial charge is 0.351 e. The molecular weight excluding hydrogens is 308 g/mol. The van der Waals surface area contributed by atoms with Gasteiger partial charge in [0.25, 0.3) is 0 Å². The maximum Gasteiger partial charge on any atom is 0.224 e. The van der Waals surface area contributed by atoms with E-state index in [0.29, 0.717) is 0 Å². The molecule has 1 atom stereocenters. The number of amides is 1. The van der Waals surface area contributed by atoms with Gasteiger partial charge in [-0.15, -0.1) is 0 Å². The molecule has 1 N–H and O–H groups in total. The van der Waals surface area contributed by atoms with Crippen molar-refractivity contribution < 1.29 is 4.79 Å². The summed E-state index contributed by atoms with van der Waals surface area (Å²) >= 11 is 0. The van der Waals surface area contributed by atoms with Gasteiger partial charge in [0.2, 0.25) is 5.91 Å². The topological polar surface area (TPSA) is 32.3 Å². The number of hydrogen-bond donors (Lipinski definition) is 1. The minimum absolute atomic E-state index is 0.0640. The van der Waals surface area contributed by atoms with Crippen LogP contribution >= 0.6 is 0 Å². The lowest BCUT2D eigenvalue weighted by Crippen LogP contribution is -2.44. The summed E-state index contributed by atoms with van der Waals surface area (Å²) in [6.45, 7) is 7.85. The third kappa shape index (κ3) is 4.49. The Morgan fingerprint density at radius 3 is 2.00 bits per heavy atom. The van der Waals surface area contributed by atoms with E-state index in [4.69, 9.17) is 0 Å². The highest BCUT2D eigenvalue weighted by molar-refractivity contribution is 5.79. The second-order valence-electron chi connectivity index (χ2n) is 7.94. The first-order valence-corrected chi connectivity index (χ1v) is 9.10. The minimum atomic E-state index is -0.178. The maximum atomic E-state index is 12.6. The maximum absolute atomic E-state index is 12.6. The lowest BCUT2D eigenvalue weighted by Gasteiger charge is -2.29. The van der Waals surface area contributed by atoms with Crippen LogP contribution < -0.4 is 5.32 Å². The summed E-state index contributed by atoms with van der Waals surface area (Å²) in [4.78, 5) is 15.0. The summed E-state index contributed by atoms with van der Waals surface area (Å²) in [5.74, 6) is 0.240. The fraction of sp³-hybridized carbons (Fsp3) is 0.409. The molecule has 0 aromatic heterocycles. The van der Waals surface area contributed by atoms with E-state index in [1.807, 2.05) is 20.8 Å². The fourth-order valence-electron chi connectivity index (χ4n) is 3.59. The quantitative estimate of drug-likeness (QED) is 0.915. The lowest BCUT2D eigenvalue weighted by molar-refractivity contribution is -0.126. The lowest BCUT2D eigenvalue weighted by atomic mass is 9.97. The molecule has 0 bridgehead atoms. The Balaban J connectivity index is 1.80. The van der Waals surface area contributed by atoms with Crippen LogP contribution in [0.2, 0.25) is 0 Å². The molecule has 2 aromatic rings. The van der Waals surface area contributed by atoms with Crippen LogP contribution in [-0.2, 0) is 4.79 Å². The average molecular weight is 336 g/mol. The second kappa shape index (κ2) is 7.40. The van der Waals surface area contributed by atoms with E-state index < -0.39 is 0 Å². The van der Waals surface area contributed by atoms with Gasteiger partial charge in [0, 0.05) is 12.1 Å². The molecule has 1 fully saturated rings. The van der Waals surface area contributed by atoms with Crippen molar-refractivity contribution in [3.05, 3.63) is 71.8 Å². The van der Waals surface area contributed by atoms with Crippen LogP contribution in [0.3, 0.4) is 0 Å². The van der Waals surface area contributed by atoms with Gasteiger partial charge in [-0.2, -0.15) is 0 Å². The molecule has 3 nitrogen and oxygen atoms in total. The normalized spacial score (nSPS) is 18.5. The van der Waals surface area contributed by atoms with Crippen molar-refractivity contribution in [2.75, 3.05) is 13.1 Å². The van der Waals surface area contributed by atoms with Gasteiger partial charge in [-0.3, -0.25) is 9.69 Å². The third-order valence-electron chi connectivity index (χ3n) is 4.68. The van der Waals surface area contributed by atoms with Crippen molar-refractivity contribution in [1.29, 1.82) is 0 Å². The zero-order valence-corrected chi connectivity index (χ0v) is 15.4. The number of rotatable bonds is 4. The molecule has 1 unspecified atom stereocenters. The van der Waals surface area contributed by atoms with E-state index in [9.17, 15) is 4.79 Å². The van der Waals surface area contributed by atoms with Crippen LogP contribution in [0.1, 0.15) is 44.4 Å². The Hall–Kier alpha value is -2.13. The summed E-state index contributed by atoms with van der Waals surface area (Å²) in [5, 5.41) is 3.13. The molecule has 0 radical (unpaired) electrons. The molecule has 25 heavy (non-hydrogen) atoms. The van der Waals surface area contributed by atoms with Gasteiger partial charge < -0.3 is 5.32 Å². The summed E-state index contributed by atoms with van der Waals surface area (Å²) in [7, 11) is 0. The standard InChI is InChI=1S/C22H28N2O/c1-22(2,3)23-21(25)19-14-15-24(16-19)20(17-10-6-4-7-11-17)18-12-8-5-9-13-18/h4-13,19-20H,14-16H2,1-3H3,(H,23,25). The van der Waals surface area contributed by atoms with Gasteiger partial charge in [0.15, 0.2) is 0 Å². The molecule has 1 aliphatic rings. The molecule has 132 valence electrons. The van der Waals surface area contributed by atoms with E-state index in [1.54, 1.807) is 0 Å². The number of nitrogens with zero attached hydrogens (tertiary/aromatic N) is 1. The van der Waals surface area contributed by atoms with Gasteiger partial charge in [0.1, 0.15) is 0 Å². The summed E-state index contributed by atoms with van der Waals surface area (Å²) in [6, 6.07) is 21.4. The molecule has 0 aliphatic carbocycles. The van der Waals surface area contributed by atoms with E-state index in [-0.39, 0.29) is 23.4 Å². The number of carbonyl (C=O) groups is 1. The van der Waals surface area contributed by atoms with Crippen LogP contribution in [0.5, 0.6) is 0 Å². The first kappa shape index (κ1) is 17.7. The van der Waals surface area contributed by atoms with Crippen molar-refractivity contribution in [3.63, 3.8) is 0 Å². The van der Waals surface area contributed by atoms with Crippen LogP contribution in [-0.4, -0.2) is 29.4 Å². The van der Waals surface area contributed by atoms with Crippen LogP contribution in [0.4, 0.5) is 0 Å². The Labute approximate surface area is 151 Å². The van der Waals surface area contributed by atoms with Gasteiger partial charge in [-0.1, -0.05) is 60.7 Å². The average Bonchev–Trinajstić information content (AvgIpc) is 3.05.